The smallest absolute Gasteiger partial charge is 0.407 e. The Morgan fingerprint density at radius 2 is 1.76 bits per heavy atom. The number of H-pyrrole nitrogens is 1. The van der Waals surface area contributed by atoms with Gasteiger partial charge in [0.15, 0.2) is 5.78 Å². The Kier molecular flexibility index (Phi) is 5.42. The van der Waals surface area contributed by atoms with Crippen LogP contribution in [0.15, 0.2) is 61.1 Å². The van der Waals surface area contributed by atoms with Crippen LogP contribution in [0.3, 0.4) is 0 Å². The van der Waals surface area contributed by atoms with Crippen LogP contribution in [0.2, 0.25) is 0 Å². The van der Waals surface area contributed by atoms with Gasteiger partial charge in [0.25, 0.3) is 0 Å². The summed E-state index contributed by atoms with van der Waals surface area (Å²) in [6.07, 6.45) is 3.35. The molecule has 29 heavy (non-hydrogen) atoms. The minimum absolute atomic E-state index is 0.0141. The first-order valence-corrected chi connectivity index (χ1v) is 9.79. The van der Waals surface area contributed by atoms with E-state index in [1.807, 2.05) is 24.3 Å². The number of imidazole rings is 1. The standard InChI is InChI=1S/C23H23N3O3/c1-2-22(27)21(11-15-12-24-14-25-15)26-23(28)29-13-20-18-9-5-3-7-16(18)17-8-4-6-10-19(17)20/h3-10,12,14,20-21H,2,11,13H2,1H3,(H,24,25)(H,26,28)/t21-/m0/s1. The monoisotopic (exact) mass is 389 g/mol. The highest BCUT2D eigenvalue weighted by Crippen LogP contribution is 2.44. The summed E-state index contributed by atoms with van der Waals surface area (Å²) in [6.45, 7) is 1.99. The van der Waals surface area contributed by atoms with Crippen LogP contribution in [0.1, 0.15) is 36.1 Å². The van der Waals surface area contributed by atoms with Gasteiger partial charge in [-0.25, -0.2) is 9.78 Å². The SMILES string of the molecule is CCC(=O)[C@H](Cc1c[nH]cn1)NC(=O)OCC1c2ccccc2-c2ccccc21. The Morgan fingerprint density at radius 1 is 1.10 bits per heavy atom. The van der Waals surface area contributed by atoms with Crippen molar-refractivity contribution in [3.63, 3.8) is 0 Å². The number of hydrogen-bond donors (Lipinski definition) is 2. The molecule has 3 aromatic rings. The van der Waals surface area contributed by atoms with E-state index < -0.39 is 12.1 Å². The molecule has 0 spiro atoms. The van der Waals surface area contributed by atoms with E-state index in [9.17, 15) is 9.59 Å². The van der Waals surface area contributed by atoms with Crippen LogP contribution in [0.25, 0.3) is 11.1 Å². The number of amides is 1. The van der Waals surface area contributed by atoms with Gasteiger partial charge >= 0.3 is 6.09 Å². The summed E-state index contributed by atoms with van der Waals surface area (Å²) >= 11 is 0. The van der Waals surface area contributed by atoms with Gasteiger partial charge in [0.1, 0.15) is 6.61 Å². The topological polar surface area (TPSA) is 84.1 Å². The molecule has 2 aromatic carbocycles. The molecule has 2 N–H and O–H groups in total. The van der Waals surface area contributed by atoms with Crippen molar-refractivity contribution in [2.24, 2.45) is 0 Å². The summed E-state index contributed by atoms with van der Waals surface area (Å²) in [6, 6.07) is 15.7. The number of rotatable bonds is 7. The highest BCUT2D eigenvalue weighted by molar-refractivity contribution is 5.87. The van der Waals surface area contributed by atoms with Crippen LogP contribution in [0.4, 0.5) is 4.79 Å². The van der Waals surface area contributed by atoms with Crippen LogP contribution in [-0.2, 0) is 16.0 Å². The Hall–Kier alpha value is -3.41. The number of aromatic amines is 1. The fraction of sp³-hybridized carbons (Fsp3) is 0.261. The van der Waals surface area contributed by atoms with Crippen LogP contribution >= 0.6 is 0 Å². The molecule has 1 amide bonds. The van der Waals surface area contributed by atoms with Crippen molar-refractivity contribution in [2.75, 3.05) is 6.61 Å². The largest absolute Gasteiger partial charge is 0.449 e. The number of nitrogens with zero attached hydrogens (tertiary/aromatic N) is 1. The number of fused-ring (bicyclic) bond motifs is 3. The fourth-order valence-electron chi connectivity index (χ4n) is 3.89. The minimum Gasteiger partial charge on any atom is -0.449 e. The van der Waals surface area contributed by atoms with Gasteiger partial charge in [-0.3, -0.25) is 4.79 Å². The Morgan fingerprint density at radius 3 is 2.34 bits per heavy atom. The first-order chi connectivity index (χ1) is 14.2. The minimum atomic E-state index is -0.654. The zero-order valence-corrected chi connectivity index (χ0v) is 16.2. The molecule has 1 heterocycles. The fourth-order valence-corrected chi connectivity index (χ4v) is 3.89. The second-order valence-corrected chi connectivity index (χ2v) is 7.11. The van der Waals surface area contributed by atoms with Crippen LogP contribution < -0.4 is 5.32 Å². The molecule has 1 atom stereocenters. The molecule has 1 aliphatic carbocycles. The number of nitrogens with one attached hydrogen (secondary N) is 2. The zero-order chi connectivity index (χ0) is 20.2. The molecule has 4 rings (SSSR count). The number of carbonyl (C=O) groups excluding carboxylic acids is 2. The third-order valence-electron chi connectivity index (χ3n) is 5.34. The average Bonchev–Trinajstić information content (AvgIpc) is 3.37. The lowest BCUT2D eigenvalue weighted by atomic mass is 9.98. The molecule has 0 aliphatic heterocycles. The second-order valence-electron chi connectivity index (χ2n) is 7.11. The predicted molar refractivity (Wildman–Crippen MR) is 110 cm³/mol. The van der Waals surface area contributed by atoms with E-state index >= 15 is 0 Å². The lowest BCUT2D eigenvalue weighted by Crippen LogP contribution is -2.42. The molecule has 0 bridgehead atoms. The molecule has 148 valence electrons. The van der Waals surface area contributed by atoms with Gasteiger partial charge < -0.3 is 15.0 Å². The molecule has 1 aliphatic rings. The molecule has 6 nitrogen and oxygen atoms in total. The van der Waals surface area contributed by atoms with Crippen molar-refractivity contribution >= 4 is 11.9 Å². The number of carbonyl (C=O) groups is 2. The van der Waals surface area contributed by atoms with Crippen molar-refractivity contribution in [3.8, 4) is 11.1 Å². The molecular weight excluding hydrogens is 366 g/mol. The Bertz CT molecular complexity index is 968. The van der Waals surface area contributed by atoms with E-state index in [-0.39, 0.29) is 18.3 Å². The lowest BCUT2D eigenvalue weighted by Gasteiger charge is -2.18. The summed E-state index contributed by atoms with van der Waals surface area (Å²) in [5, 5.41) is 2.71. The molecule has 0 radical (unpaired) electrons. The van der Waals surface area contributed by atoms with E-state index in [2.05, 4.69) is 39.6 Å². The number of alkyl carbamates (subject to hydrolysis) is 1. The highest BCUT2D eigenvalue weighted by Gasteiger charge is 2.29. The maximum absolute atomic E-state index is 12.5. The maximum atomic E-state index is 12.5. The molecule has 6 heteroatoms. The average molecular weight is 389 g/mol. The van der Waals surface area contributed by atoms with E-state index in [1.165, 1.54) is 11.1 Å². The van der Waals surface area contributed by atoms with Crippen molar-refractivity contribution in [2.45, 2.75) is 31.7 Å². The van der Waals surface area contributed by atoms with Gasteiger partial charge in [-0.15, -0.1) is 0 Å². The van der Waals surface area contributed by atoms with Crippen LogP contribution in [0.5, 0.6) is 0 Å². The number of Topliss-reactive ketones (excluding diaryl/α,β-unsaturated/α-hetero) is 1. The normalized spacial score (nSPS) is 13.4. The van der Waals surface area contributed by atoms with Crippen molar-refractivity contribution < 1.29 is 14.3 Å². The van der Waals surface area contributed by atoms with Crippen LogP contribution in [-0.4, -0.2) is 34.5 Å². The molecular formula is C23H23N3O3. The van der Waals surface area contributed by atoms with Gasteiger partial charge in [0.05, 0.1) is 18.1 Å². The van der Waals surface area contributed by atoms with Gasteiger partial charge in [0.2, 0.25) is 0 Å². The third-order valence-corrected chi connectivity index (χ3v) is 5.34. The van der Waals surface area contributed by atoms with Gasteiger partial charge in [-0.1, -0.05) is 55.5 Å². The highest BCUT2D eigenvalue weighted by atomic mass is 16.5. The van der Waals surface area contributed by atoms with E-state index in [0.29, 0.717) is 12.8 Å². The summed E-state index contributed by atoms with van der Waals surface area (Å²) in [5.74, 6) is -0.0682. The number of ketones is 1. The summed E-state index contributed by atoms with van der Waals surface area (Å²) < 4.78 is 5.55. The van der Waals surface area contributed by atoms with E-state index in [1.54, 1.807) is 19.4 Å². The Balaban J connectivity index is 1.44. The van der Waals surface area contributed by atoms with E-state index in [0.717, 1.165) is 16.8 Å². The molecule has 0 fully saturated rings. The number of benzene rings is 2. The number of ether oxygens (including phenoxy) is 1. The number of aromatic nitrogens is 2. The van der Waals surface area contributed by atoms with Crippen LogP contribution in [0, 0.1) is 0 Å². The first kappa shape index (κ1) is 18.9. The van der Waals surface area contributed by atoms with Gasteiger partial charge in [0, 0.05) is 25.0 Å². The summed E-state index contributed by atoms with van der Waals surface area (Å²) in [4.78, 5) is 31.7. The van der Waals surface area contributed by atoms with Crippen molar-refractivity contribution in [1.29, 1.82) is 0 Å². The first-order valence-electron chi connectivity index (χ1n) is 9.79. The van der Waals surface area contributed by atoms with Crippen molar-refractivity contribution in [1.82, 2.24) is 15.3 Å². The molecule has 0 saturated heterocycles. The van der Waals surface area contributed by atoms with Gasteiger partial charge in [-0.2, -0.15) is 0 Å². The lowest BCUT2D eigenvalue weighted by molar-refractivity contribution is -0.120. The third kappa shape index (κ3) is 3.92. The summed E-state index contributed by atoms with van der Waals surface area (Å²) in [5.41, 5.74) is 5.37. The zero-order valence-electron chi connectivity index (χ0n) is 16.2. The van der Waals surface area contributed by atoms with E-state index in [4.69, 9.17) is 4.74 Å². The molecule has 0 unspecified atom stereocenters. The molecule has 1 aromatic heterocycles. The Labute approximate surface area is 169 Å². The predicted octanol–water partition coefficient (Wildman–Crippen LogP) is 3.84. The number of hydrogen-bond acceptors (Lipinski definition) is 4. The summed E-state index contributed by atoms with van der Waals surface area (Å²) in [7, 11) is 0. The van der Waals surface area contributed by atoms with Crippen molar-refractivity contribution in [3.05, 3.63) is 77.9 Å². The molecule has 0 saturated carbocycles. The van der Waals surface area contributed by atoms with Gasteiger partial charge in [-0.05, 0) is 22.3 Å². The quantitative estimate of drug-likeness (QED) is 0.643. The maximum Gasteiger partial charge on any atom is 0.407 e. The second kappa shape index (κ2) is 8.31.